The van der Waals surface area contributed by atoms with E-state index in [1.165, 1.54) is 5.56 Å². The summed E-state index contributed by atoms with van der Waals surface area (Å²) in [5.41, 5.74) is 2.40. The van der Waals surface area contributed by atoms with E-state index in [9.17, 15) is 0 Å². The average molecular weight is 174 g/mol. The number of para-hydroxylation sites is 1. The van der Waals surface area contributed by atoms with Crippen molar-refractivity contribution in [2.75, 3.05) is 0 Å². The molecule has 13 heavy (non-hydrogen) atoms. The normalized spacial score (nSPS) is 25.1. The highest BCUT2D eigenvalue weighted by atomic mass is 16.5. The lowest BCUT2D eigenvalue weighted by atomic mass is 9.94. The quantitative estimate of drug-likeness (QED) is 0.594. The van der Waals surface area contributed by atoms with E-state index in [-0.39, 0.29) is 6.10 Å². The molecule has 1 heteroatoms. The molecule has 0 aromatic heterocycles. The molecule has 0 amide bonds. The van der Waals surface area contributed by atoms with Gasteiger partial charge in [0.25, 0.3) is 0 Å². The van der Waals surface area contributed by atoms with E-state index >= 15 is 0 Å². The third-order valence-corrected chi connectivity index (χ3v) is 2.60. The standard InChI is InChI=1S/C12H14O/c1-8(2)12-9(3)10-6-4-5-7-11(10)13-12/h4-7,9,12H,1H2,2-3H3/t9-,12+/m1/s1. The summed E-state index contributed by atoms with van der Waals surface area (Å²) in [4.78, 5) is 0. The minimum absolute atomic E-state index is 0.164. The van der Waals surface area contributed by atoms with Crippen LogP contribution < -0.4 is 4.74 Å². The highest BCUT2D eigenvalue weighted by Crippen LogP contribution is 2.39. The minimum atomic E-state index is 0.164. The van der Waals surface area contributed by atoms with Gasteiger partial charge in [-0.2, -0.15) is 0 Å². The van der Waals surface area contributed by atoms with Crippen LogP contribution in [0.5, 0.6) is 5.75 Å². The molecule has 0 bridgehead atoms. The van der Waals surface area contributed by atoms with Gasteiger partial charge in [-0.1, -0.05) is 31.7 Å². The van der Waals surface area contributed by atoms with Crippen molar-refractivity contribution in [2.24, 2.45) is 0 Å². The lowest BCUT2D eigenvalue weighted by Crippen LogP contribution is -2.17. The smallest absolute Gasteiger partial charge is 0.126 e. The second-order valence-electron chi connectivity index (χ2n) is 3.71. The predicted molar refractivity (Wildman–Crippen MR) is 54.1 cm³/mol. The predicted octanol–water partition coefficient (Wildman–Crippen LogP) is 3.13. The van der Waals surface area contributed by atoms with E-state index in [0.29, 0.717) is 5.92 Å². The molecule has 0 spiro atoms. The highest BCUT2D eigenvalue weighted by molar-refractivity contribution is 5.42. The van der Waals surface area contributed by atoms with Crippen LogP contribution in [0.2, 0.25) is 0 Å². The molecule has 1 aromatic carbocycles. The number of hydrogen-bond donors (Lipinski definition) is 0. The molecular formula is C12H14O. The first kappa shape index (κ1) is 8.36. The van der Waals surface area contributed by atoms with E-state index in [1.54, 1.807) is 0 Å². The van der Waals surface area contributed by atoms with Gasteiger partial charge >= 0.3 is 0 Å². The molecule has 1 aromatic rings. The van der Waals surface area contributed by atoms with Crippen LogP contribution in [0.3, 0.4) is 0 Å². The van der Waals surface area contributed by atoms with E-state index < -0.39 is 0 Å². The molecule has 0 saturated carbocycles. The molecule has 1 aliphatic heterocycles. The number of hydrogen-bond acceptors (Lipinski definition) is 1. The van der Waals surface area contributed by atoms with Crippen LogP contribution in [-0.4, -0.2) is 6.10 Å². The lowest BCUT2D eigenvalue weighted by molar-refractivity contribution is 0.249. The topological polar surface area (TPSA) is 9.23 Å². The lowest BCUT2D eigenvalue weighted by Gasteiger charge is -2.14. The Labute approximate surface area is 79.0 Å². The fraction of sp³-hybridized carbons (Fsp3) is 0.333. The number of rotatable bonds is 1. The molecule has 0 aliphatic carbocycles. The number of fused-ring (bicyclic) bond motifs is 1. The first-order valence-electron chi connectivity index (χ1n) is 4.61. The largest absolute Gasteiger partial charge is 0.485 e. The van der Waals surface area contributed by atoms with Gasteiger partial charge in [0.15, 0.2) is 0 Å². The van der Waals surface area contributed by atoms with Gasteiger partial charge in [-0.05, 0) is 18.6 Å². The fourth-order valence-electron chi connectivity index (χ4n) is 1.89. The van der Waals surface area contributed by atoms with E-state index in [1.807, 2.05) is 19.1 Å². The first-order chi connectivity index (χ1) is 6.20. The molecule has 1 nitrogen and oxygen atoms in total. The van der Waals surface area contributed by atoms with Crippen LogP contribution in [-0.2, 0) is 0 Å². The van der Waals surface area contributed by atoms with Gasteiger partial charge in [-0.3, -0.25) is 0 Å². The van der Waals surface area contributed by atoms with Gasteiger partial charge in [0, 0.05) is 11.5 Å². The average Bonchev–Trinajstić information content (AvgIpc) is 2.45. The molecule has 0 fully saturated rings. The Morgan fingerprint density at radius 2 is 2.08 bits per heavy atom. The maximum atomic E-state index is 5.78. The highest BCUT2D eigenvalue weighted by Gasteiger charge is 2.30. The third-order valence-electron chi connectivity index (χ3n) is 2.60. The van der Waals surface area contributed by atoms with Crippen molar-refractivity contribution in [3.63, 3.8) is 0 Å². The van der Waals surface area contributed by atoms with Gasteiger partial charge in [0.1, 0.15) is 11.9 Å². The summed E-state index contributed by atoms with van der Waals surface area (Å²) in [7, 11) is 0. The van der Waals surface area contributed by atoms with Crippen LogP contribution >= 0.6 is 0 Å². The Morgan fingerprint density at radius 1 is 1.38 bits per heavy atom. The summed E-state index contributed by atoms with van der Waals surface area (Å²) in [5.74, 6) is 1.46. The molecule has 2 atom stereocenters. The monoisotopic (exact) mass is 174 g/mol. The molecule has 2 rings (SSSR count). The molecule has 68 valence electrons. The summed E-state index contributed by atoms with van der Waals surface area (Å²) < 4.78 is 5.78. The summed E-state index contributed by atoms with van der Waals surface area (Å²) in [6.07, 6.45) is 0.164. The van der Waals surface area contributed by atoms with Gasteiger partial charge in [-0.25, -0.2) is 0 Å². The maximum Gasteiger partial charge on any atom is 0.126 e. The fourth-order valence-corrected chi connectivity index (χ4v) is 1.89. The van der Waals surface area contributed by atoms with Crippen LogP contribution in [0.1, 0.15) is 25.3 Å². The van der Waals surface area contributed by atoms with E-state index in [0.717, 1.165) is 11.3 Å². The van der Waals surface area contributed by atoms with Crippen molar-refractivity contribution >= 4 is 0 Å². The van der Waals surface area contributed by atoms with Gasteiger partial charge in [0.05, 0.1) is 0 Å². The Morgan fingerprint density at radius 3 is 2.69 bits per heavy atom. The molecule has 0 N–H and O–H groups in total. The maximum absolute atomic E-state index is 5.78. The van der Waals surface area contributed by atoms with E-state index in [4.69, 9.17) is 4.74 Å². The van der Waals surface area contributed by atoms with Gasteiger partial charge in [-0.15, -0.1) is 0 Å². The minimum Gasteiger partial charge on any atom is -0.485 e. The van der Waals surface area contributed by atoms with E-state index in [2.05, 4.69) is 25.6 Å². The molecule has 1 aliphatic rings. The molecule has 1 heterocycles. The van der Waals surface area contributed by atoms with Crippen LogP contribution in [0.4, 0.5) is 0 Å². The van der Waals surface area contributed by atoms with Crippen molar-refractivity contribution in [3.05, 3.63) is 42.0 Å². The van der Waals surface area contributed by atoms with Crippen molar-refractivity contribution in [2.45, 2.75) is 25.9 Å². The molecule has 0 unspecified atom stereocenters. The Bertz CT molecular complexity index is 341. The third kappa shape index (κ3) is 1.24. The molecular weight excluding hydrogens is 160 g/mol. The zero-order valence-electron chi connectivity index (χ0n) is 8.08. The second kappa shape index (κ2) is 2.91. The van der Waals surface area contributed by atoms with Gasteiger partial charge in [0.2, 0.25) is 0 Å². The summed E-state index contributed by atoms with van der Waals surface area (Å²) in [5, 5.41) is 0. The van der Waals surface area contributed by atoms with Gasteiger partial charge < -0.3 is 4.74 Å². The zero-order chi connectivity index (χ0) is 9.42. The summed E-state index contributed by atoms with van der Waals surface area (Å²) in [6.45, 7) is 8.15. The molecule has 0 saturated heterocycles. The molecule has 0 radical (unpaired) electrons. The first-order valence-corrected chi connectivity index (χ1v) is 4.61. The summed E-state index contributed by atoms with van der Waals surface area (Å²) >= 11 is 0. The van der Waals surface area contributed by atoms with Crippen molar-refractivity contribution in [1.29, 1.82) is 0 Å². The Hall–Kier alpha value is -1.24. The second-order valence-corrected chi connectivity index (χ2v) is 3.71. The van der Waals surface area contributed by atoms with Crippen molar-refractivity contribution in [3.8, 4) is 5.75 Å². The van der Waals surface area contributed by atoms with Crippen LogP contribution in [0, 0.1) is 0 Å². The number of ether oxygens (including phenoxy) is 1. The number of benzene rings is 1. The Balaban J connectivity index is 2.38. The van der Waals surface area contributed by atoms with Crippen LogP contribution in [0.15, 0.2) is 36.4 Å². The van der Waals surface area contributed by atoms with Crippen LogP contribution in [0.25, 0.3) is 0 Å². The SMILES string of the molecule is C=C(C)[C@@H]1Oc2ccccc2[C@H]1C. The van der Waals surface area contributed by atoms with Crippen molar-refractivity contribution < 1.29 is 4.74 Å². The summed E-state index contributed by atoms with van der Waals surface area (Å²) in [6, 6.07) is 8.21. The zero-order valence-corrected chi connectivity index (χ0v) is 8.08. The van der Waals surface area contributed by atoms with Crippen molar-refractivity contribution in [1.82, 2.24) is 0 Å². The Kier molecular flexibility index (Phi) is 1.87.